The number of rotatable bonds is 10. The van der Waals surface area contributed by atoms with Gasteiger partial charge in [0.2, 0.25) is 10.0 Å². The first kappa shape index (κ1) is 28.5. The van der Waals surface area contributed by atoms with Gasteiger partial charge in [-0.2, -0.15) is 9.30 Å². The first-order valence-electron chi connectivity index (χ1n) is 12.8. The predicted octanol–water partition coefficient (Wildman–Crippen LogP) is 3.20. The van der Waals surface area contributed by atoms with E-state index in [0.717, 1.165) is 19.3 Å². The summed E-state index contributed by atoms with van der Waals surface area (Å²) in [6.07, 6.45) is 5.78. The summed E-state index contributed by atoms with van der Waals surface area (Å²) >= 11 is 6.32. The summed E-state index contributed by atoms with van der Waals surface area (Å²) in [5.74, 6) is -0.654. The Balaban J connectivity index is 1.76. The molecular formula is C25H34ClN5O6S. The van der Waals surface area contributed by atoms with Crippen molar-refractivity contribution in [1.82, 2.24) is 9.29 Å². The molecule has 4 rings (SSSR count). The average Bonchev–Trinajstić information content (AvgIpc) is 3.39. The molecule has 0 radical (unpaired) electrons. The quantitative estimate of drug-likeness (QED) is 0.249. The van der Waals surface area contributed by atoms with Crippen LogP contribution in [0.2, 0.25) is 5.02 Å². The molecule has 208 valence electrons. The first-order valence-corrected chi connectivity index (χ1v) is 14.6. The van der Waals surface area contributed by atoms with E-state index in [0.29, 0.717) is 48.1 Å². The minimum Gasteiger partial charge on any atom is -0.465 e. The Bertz CT molecular complexity index is 1290. The normalized spacial score (nSPS) is 19.5. The summed E-state index contributed by atoms with van der Waals surface area (Å²) in [4.78, 5) is 21.5. The van der Waals surface area contributed by atoms with E-state index < -0.39 is 27.8 Å². The second kappa shape index (κ2) is 12.1. The molecule has 38 heavy (non-hydrogen) atoms. The lowest BCUT2D eigenvalue weighted by Crippen LogP contribution is -2.57. The van der Waals surface area contributed by atoms with Crippen LogP contribution in [0, 0.1) is 0 Å². The van der Waals surface area contributed by atoms with E-state index >= 15 is 0 Å². The van der Waals surface area contributed by atoms with Crippen LogP contribution < -0.4 is 11.5 Å². The van der Waals surface area contributed by atoms with Crippen molar-refractivity contribution in [3.8, 4) is 0 Å². The standard InChI is InChI=1S/C25H34ClN5O6S/c1-2-35-23(32)25(10-4-5-11-25)31(12-14-37-21-7-3-6-13-36-21)38(33,34)17-8-9-18-19(15-17)22(30-24(27)28)29-16-20(18)26/h8-9,15-16,21H,2-7,10-14H2,1H3,(H4,27,28,29,30). The van der Waals surface area contributed by atoms with Gasteiger partial charge in [-0.25, -0.2) is 13.4 Å². The van der Waals surface area contributed by atoms with Gasteiger partial charge in [0.25, 0.3) is 0 Å². The maximum Gasteiger partial charge on any atom is 0.327 e. The van der Waals surface area contributed by atoms with E-state index in [9.17, 15) is 13.2 Å². The van der Waals surface area contributed by atoms with Crippen molar-refractivity contribution in [2.75, 3.05) is 26.4 Å². The number of halogens is 1. The number of ether oxygens (including phenoxy) is 3. The fraction of sp³-hybridized carbons (Fsp3) is 0.560. The predicted molar refractivity (Wildman–Crippen MR) is 143 cm³/mol. The van der Waals surface area contributed by atoms with Crippen molar-refractivity contribution in [3.63, 3.8) is 0 Å². The minimum absolute atomic E-state index is 0.0480. The van der Waals surface area contributed by atoms with Crippen LogP contribution in [0.3, 0.4) is 0 Å². The first-order chi connectivity index (χ1) is 18.2. The van der Waals surface area contributed by atoms with Crippen molar-refractivity contribution in [2.24, 2.45) is 16.5 Å². The van der Waals surface area contributed by atoms with Crippen LogP contribution in [-0.2, 0) is 29.0 Å². The molecular weight excluding hydrogens is 534 g/mol. The number of carbonyl (C=O) groups excluding carboxylic acids is 1. The molecule has 2 fully saturated rings. The largest absolute Gasteiger partial charge is 0.465 e. The van der Waals surface area contributed by atoms with E-state index in [1.165, 1.54) is 22.6 Å². The fourth-order valence-corrected chi connectivity index (χ4v) is 7.13. The number of aliphatic imine (C=N–C) groups is 1. The highest BCUT2D eigenvalue weighted by atomic mass is 35.5. The molecule has 1 saturated carbocycles. The molecule has 4 N–H and O–H groups in total. The number of fused-ring (bicyclic) bond motifs is 1. The molecule has 1 aromatic carbocycles. The summed E-state index contributed by atoms with van der Waals surface area (Å²) in [5, 5.41) is 1.20. The Morgan fingerprint density at radius 1 is 1.24 bits per heavy atom. The van der Waals surface area contributed by atoms with Crippen molar-refractivity contribution in [2.45, 2.75) is 68.6 Å². The number of hydrogen-bond donors (Lipinski definition) is 2. The molecule has 13 heteroatoms. The molecule has 0 bridgehead atoms. The molecule has 0 spiro atoms. The molecule has 1 saturated heterocycles. The molecule has 2 aromatic rings. The molecule has 2 heterocycles. The van der Waals surface area contributed by atoms with Gasteiger partial charge < -0.3 is 25.7 Å². The second-order valence-electron chi connectivity index (χ2n) is 9.38. The van der Waals surface area contributed by atoms with Gasteiger partial charge in [-0.15, -0.1) is 0 Å². The maximum absolute atomic E-state index is 14.3. The lowest BCUT2D eigenvalue weighted by molar-refractivity contribution is -0.167. The number of aromatic nitrogens is 1. The van der Waals surface area contributed by atoms with Crippen LogP contribution in [0.1, 0.15) is 51.9 Å². The van der Waals surface area contributed by atoms with Gasteiger partial charge in [-0.1, -0.05) is 30.5 Å². The zero-order valence-electron chi connectivity index (χ0n) is 21.4. The van der Waals surface area contributed by atoms with E-state index in [-0.39, 0.29) is 36.4 Å². The molecule has 1 atom stereocenters. The third-order valence-electron chi connectivity index (χ3n) is 6.91. The van der Waals surface area contributed by atoms with E-state index in [4.69, 9.17) is 37.3 Å². The van der Waals surface area contributed by atoms with Crippen molar-refractivity contribution < 1.29 is 27.4 Å². The van der Waals surface area contributed by atoms with E-state index in [1.54, 1.807) is 13.0 Å². The second-order valence-corrected chi connectivity index (χ2v) is 11.6. The van der Waals surface area contributed by atoms with E-state index in [1.807, 2.05) is 0 Å². The number of hydrogen-bond acceptors (Lipinski definition) is 8. The van der Waals surface area contributed by atoms with Gasteiger partial charge in [-0.05, 0) is 51.2 Å². The molecule has 1 aromatic heterocycles. The summed E-state index contributed by atoms with van der Waals surface area (Å²) in [6, 6.07) is 4.46. The van der Waals surface area contributed by atoms with Crippen LogP contribution in [0.25, 0.3) is 10.8 Å². The Hall–Kier alpha value is -2.51. The zero-order valence-corrected chi connectivity index (χ0v) is 23.0. The van der Waals surface area contributed by atoms with Crippen molar-refractivity contribution in [3.05, 3.63) is 29.4 Å². The van der Waals surface area contributed by atoms with Crippen LogP contribution >= 0.6 is 11.6 Å². The maximum atomic E-state index is 14.3. The highest BCUT2D eigenvalue weighted by molar-refractivity contribution is 7.89. The lowest BCUT2D eigenvalue weighted by atomic mass is 9.97. The molecule has 1 unspecified atom stereocenters. The van der Waals surface area contributed by atoms with Gasteiger partial charge in [-0.3, -0.25) is 4.79 Å². The monoisotopic (exact) mass is 567 g/mol. The van der Waals surface area contributed by atoms with Gasteiger partial charge in [0.1, 0.15) is 5.54 Å². The number of benzene rings is 1. The highest BCUT2D eigenvalue weighted by Gasteiger charge is 2.52. The summed E-state index contributed by atoms with van der Waals surface area (Å²) in [7, 11) is -4.23. The van der Waals surface area contributed by atoms with Gasteiger partial charge >= 0.3 is 5.97 Å². The zero-order chi connectivity index (χ0) is 27.3. The van der Waals surface area contributed by atoms with Crippen LogP contribution in [0.4, 0.5) is 5.82 Å². The Morgan fingerprint density at radius 2 is 2.00 bits per heavy atom. The smallest absolute Gasteiger partial charge is 0.327 e. The van der Waals surface area contributed by atoms with Gasteiger partial charge in [0.05, 0.1) is 23.1 Å². The Labute approximate surface area is 227 Å². The summed E-state index contributed by atoms with van der Waals surface area (Å²) < 4.78 is 46.7. The number of nitrogens with two attached hydrogens (primary N) is 2. The molecule has 1 aliphatic carbocycles. The average molecular weight is 568 g/mol. The third kappa shape index (κ3) is 5.89. The van der Waals surface area contributed by atoms with Crippen LogP contribution in [0.15, 0.2) is 34.3 Å². The van der Waals surface area contributed by atoms with Gasteiger partial charge in [0, 0.05) is 30.1 Å². The Morgan fingerprint density at radius 3 is 2.66 bits per heavy atom. The number of sulfonamides is 1. The number of nitrogens with zero attached hydrogens (tertiary/aromatic N) is 3. The molecule has 1 aliphatic heterocycles. The third-order valence-corrected chi connectivity index (χ3v) is 9.18. The van der Waals surface area contributed by atoms with Crippen molar-refractivity contribution in [1.29, 1.82) is 0 Å². The van der Waals surface area contributed by atoms with Gasteiger partial charge in [0.15, 0.2) is 18.1 Å². The highest BCUT2D eigenvalue weighted by Crippen LogP contribution is 2.41. The molecule has 0 amide bonds. The van der Waals surface area contributed by atoms with Crippen LogP contribution in [-0.4, -0.2) is 67.8 Å². The number of carbonyl (C=O) groups is 1. The lowest BCUT2D eigenvalue weighted by Gasteiger charge is -2.38. The fourth-order valence-electron chi connectivity index (χ4n) is 5.13. The summed E-state index contributed by atoms with van der Waals surface area (Å²) in [6.45, 7) is 2.46. The summed E-state index contributed by atoms with van der Waals surface area (Å²) in [5.41, 5.74) is 9.78. The number of pyridine rings is 1. The Kier molecular flexibility index (Phi) is 9.09. The number of guanidine groups is 1. The minimum atomic E-state index is -4.23. The molecule has 2 aliphatic rings. The van der Waals surface area contributed by atoms with Crippen LogP contribution in [0.5, 0.6) is 0 Å². The SMILES string of the molecule is CCOC(=O)C1(N(CCOC2CCCCO2)S(=O)(=O)c2ccc3c(Cl)cnc(N=C(N)N)c3c2)CCCC1. The van der Waals surface area contributed by atoms with E-state index in [2.05, 4.69) is 9.98 Å². The molecule has 11 nitrogen and oxygen atoms in total. The topological polar surface area (TPSA) is 159 Å². The van der Waals surface area contributed by atoms with Crippen molar-refractivity contribution >= 4 is 50.1 Å². The number of esters is 1.